The van der Waals surface area contributed by atoms with Gasteiger partial charge in [-0.3, -0.25) is 9.36 Å². The lowest BCUT2D eigenvalue weighted by atomic mass is 10.1. The monoisotopic (exact) mass is 334 g/mol. The number of imidazole rings is 1. The van der Waals surface area contributed by atoms with Crippen molar-refractivity contribution < 1.29 is 4.79 Å². The number of carbonyl (C=O) groups is 1. The van der Waals surface area contributed by atoms with Crippen molar-refractivity contribution in [1.82, 2.24) is 24.5 Å². The molecular weight excluding hydrogens is 320 g/mol. The molecule has 25 heavy (non-hydrogen) atoms. The minimum absolute atomic E-state index is 0.212. The van der Waals surface area contributed by atoms with Gasteiger partial charge in [-0.15, -0.1) is 5.10 Å². The van der Waals surface area contributed by atoms with E-state index >= 15 is 0 Å². The first kappa shape index (κ1) is 14.9. The Labute approximate surface area is 141 Å². The highest BCUT2D eigenvalue weighted by atomic mass is 16.2. The number of aromatic amines is 1. The summed E-state index contributed by atoms with van der Waals surface area (Å²) < 4.78 is 3.10. The van der Waals surface area contributed by atoms with E-state index in [2.05, 4.69) is 20.6 Å². The maximum Gasteiger partial charge on any atom is 0.326 e. The van der Waals surface area contributed by atoms with Gasteiger partial charge in [-0.25, -0.2) is 9.48 Å². The number of aryl methyl sites for hydroxylation is 1. The second kappa shape index (κ2) is 5.75. The molecule has 4 rings (SSSR count). The lowest BCUT2D eigenvalue weighted by Gasteiger charge is -2.07. The second-order valence-electron chi connectivity index (χ2n) is 5.57. The summed E-state index contributed by atoms with van der Waals surface area (Å²) in [4.78, 5) is 26.8. The summed E-state index contributed by atoms with van der Waals surface area (Å²) >= 11 is 0. The van der Waals surface area contributed by atoms with Crippen LogP contribution in [0.3, 0.4) is 0 Å². The van der Waals surface area contributed by atoms with Crippen molar-refractivity contribution in [2.75, 3.05) is 5.32 Å². The van der Waals surface area contributed by atoms with Crippen LogP contribution < -0.4 is 11.0 Å². The van der Waals surface area contributed by atoms with Crippen molar-refractivity contribution >= 4 is 22.6 Å². The first-order valence-corrected chi connectivity index (χ1v) is 7.59. The summed E-state index contributed by atoms with van der Waals surface area (Å²) in [6, 6.07) is 12.3. The van der Waals surface area contributed by atoms with Crippen molar-refractivity contribution in [3.05, 3.63) is 70.9 Å². The summed E-state index contributed by atoms with van der Waals surface area (Å²) in [5.74, 6) is -0.246. The van der Waals surface area contributed by atoms with Crippen molar-refractivity contribution in [1.29, 1.82) is 0 Å². The summed E-state index contributed by atoms with van der Waals surface area (Å²) in [7, 11) is 1.66. The molecule has 2 aromatic carbocycles. The van der Waals surface area contributed by atoms with Crippen LogP contribution in [0.25, 0.3) is 16.7 Å². The lowest BCUT2D eigenvalue weighted by Crippen LogP contribution is -2.13. The van der Waals surface area contributed by atoms with Crippen molar-refractivity contribution in [3.8, 4) is 5.69 Å². The summed E-state index contributed by atoms with van der Waals surface area (Å²) in [6.45, 7) is 0. The summed E-state index contributed by atoms with van der Waals surface area (Å²) in [6.07, 6.45) is 3.34. The molecule has 0 fully saturated rings. The maximum absolute atomic E-state index is 12.5. The van der Waals surface area contributed by atoms with Gasteiger partial charge in [0.2, 0.25) is 0 Å². The molecule has 124 valence electrons. The number of benzene rings is 2. The van der Waals surface area contributed by atoms with E-state index in [9.17, 15) is 9.59 Å². The standard InChI is InChI=1S/C17H14N6O2/c1-22-15-10-11(2-7-14(15)20-17(22)25)16(24)19-12-3-5-13(6-4-12)23-9-8-18-21-23/h2-10H,1H3,(H,19,24)(H,20,25). The molecule has 0 aliphatic rings. The van der Waals surface area contributed by atoms with Crippen molar-refractivity contribution in [3.63, 3.8) is 0 Å². The number of amides is 1. The first-order chi connectivity index (χ1) is 12.1. The molecule has 0 aliphatic carbocycles. The number of fused-ring (bicyclic) bond motifs is 1. The molecule has 0 radical (unpaired) electrons. The number of nitrogens with zero attached hydrogens (tertiary/aromatic N) is 4. The molecule has 4 aromatic rings. The Morgan fingerprint density at radius 2 is 1.96 bits per heavy atom. The van der Waals surface area contributed by atoms with E-state index in [1.165, 1.54) is 4.57 Å². The van der Waals surface area contributed by atoms with Crippen LogP contribution in [0.1, 0.15) is 10.4 Å². The van der Waals surface area contributed by atoms with Gasteiger partial charge in [-0.05, 0) is 42.5 Å². The van der Waals surface area contributed by atoms with Crippen LogP contribution in [0.4, 0.5) is 5.69 Å². The van der Waals surface area contributed by atoms with E-state index in [1.807, 2.05) is 12.1 Å². The van der Waals surface area contributed by atoms with Crippen LogP contribution in [0, 0.1) is 0 Å². The Balaban J connectivity index is 1.57. The molecule has 1 amide bonds. The number of aromatic nitrogens is 5. The van der Waals surface area contributed by atoms with Gasteiger partial charge in [0.15, 0.2) is 0 Å². The zero-order chi connectivity index (χ0) is 17.4. The van der Waals surface area contributed by atoms with Gasteiger partial charge in [0, 0.05) is 18.3 Å². The SMILES string of the molecule is Cn1c(=O)[nH]c2ccc(C(=O)Nc3ccc(-n4ccnn4)cc3)cc21. The van der Waals surface area contributed by atoms with E-state index in [-0.39, 0.29) is 11.6 Å². The molecule has 0 spiro atoms. The number of nitrogens with one attached hydrogen (secondary N) is 2. The number of anilines is 1. The van der Waals surface area contributed by atoms with Gasteiger partial charge in [-0.1, -0.05) is 5.21 Å². The Morgan fingerprint density at radius 1 is 1.16 bits per heavy atom. The fourth-order valence-electron chi connectivity index (χ4n) is 2.61. The Kier molecular flexibility index (Phi) is 3.42. The number of hydrogen-bond donors (Lipinski definition) is 2. The molecule has 0 saturated carbocycles. The normalized spacial score (nSPS) is 10.9. The molecular formula is C17H14N6O2. The van der Waals surface area contributed by atoms with E-state index in [0.29, 0.717) is 22.3 Å². The molecule has 8 heteroatoms. The number of carbonyl (C=O) groups excluding carboxylic acids is 1. The third-order valence-electron chi connectivity index (χ3n) is 3.98. The third-order valence-corrected chi connectivity index (χ3v) is 3.98. The van der Waals surface area contributed by atoms with Crippen LogP contribution in [0.15, 0.2) is 59.7 Å². The van der Waals surface area contributed by atoms with Gasteiger partial charge in [0.05, 0.1) is 29.1 Å². The Hall–Kier alpha value is -3.68. The molecule has 0 saturated heterocycles. The van der Waals surface area contributed by atoms with Gasteiger partial charge < -0.3 is 10.3 Å². The average molecular weight is 334 g/mol. The van der Waals surface area contributed by atoms with Crippen molar-refractivity contribution in [2.24, 2.45) is 7.05 Å². The number of H-pyrrole nitrogens is 1. The van der Waals surface area contributed by atoms with E-state index < -0.39 is 0 Å². The van der Waals surface area contributed by atoms with E-state index in [0.717, 1.165) is 5.69 Å². The van der Waals surface area contributed by atoms with Crippen molar-refractivity contribution in [2.45, 2.75) is 0 Å². The zero-order valence-electron chi connectivity index (χ0n) is 13.3. The molecule has 2 heterocycles. The molecule has 2 N–H and O–H groups in total. The summed E-state index contributed by atoms with van der Waals surface area (Å²) in [5.41, 5.74) is 3.15. The zero-order valence-corrected chi connectivity index (χ0v) is 13.3. The van der Waals surface area contributed by atoms with Gasteiger partial charge in [-0.2, -0.15) is 0 Å². The highest BCUT2D eigenvalue weighted by Gasteiger charge is 2.10. The average Bonchev–Trinajstić information content (AvgIpc) is 3.25. The number of rotatable bonds is 3. The predicted molar refractivity (Wildman–Crippen MR) is 92.9 cm³/mol. The minimum Gasteiger partial charge on any atom is -0.322 e. The fourth-order valence-corrected chi connectivity index (χ4v) is 2.61. The first-order valence-electron chi connectivity index (χ1n) is 7.59. The quantitative estimate of drug-likeness (QED) is 0.596. The van der Waals surface area contributed by atoms with Crippen LogP contribution in [0.5, 0.6) is 0 Å². The lowest BCUT2D eigenvalue weighted by molar-refractivity contribution is 0.102. The Bertz CT molecular complexity index is 1110. The second-order valence-corrected chi connectivity index (χ2v) is 5.57. The molecule has 0 bridgehead atoms. The van der Waals surface area contributed by atoms with Gasteiger partial charge >= 0.3 is 5.69 Å². The minimum atomic E-state index is -0.246. The molecule has 0 atom stereocenters. The molecule has 0 unspecified atom stereocenters. The van der Waals surface area contributed by atoms with Crippen LogP contribution >= 0.6 is 0 Å². The highest BCUT2D eigenvalue weighted by molar-refractivity contribution is 6.05. The smallest absolute Gasteiger partial charge is 0.322 e. The van der Waals surface area contributed by atoms with Gasteiger partial charge in [0.1, 0.15) is 0 Å². The predicted octanol–water partition coefficient (Wildman–Crippen LogP) is 1.70. The third kappa shape index (κ3) is 2.69. The summed E-state index contributed by atoms with van der Waals surface area (Å²) in [5, 5.41) is 10.5. The van der Waals surface area contributed by atoms with Crippen LogP contribution in [-0.2, 0) is 7.05 Å². The van der Waals surface area contributed by atoms with Crippen LogP contribution in [-0.4, -0.2) is 30.5 Å². The molecule has 0 aliphatic heterocycles. The highest BCUT2D eigenvalue weighted by Crippen LogP contribution is 2.16. The maximum atomic E-state index is 12.5. The fraction of sp³-hybridized carbons (Fsp3) is 0.0588. The van der Waals surface area contributed by atoms with E-state index in [4.69, 9.17) is 0 Å². The Morgan fingerprint density at radius 3 is 2.68 bits per heavy atom. The number of hydrogen-bond acceptors (Lipinski definition) is 4. The van der Waals surface area contributed by atoms with Crippen LogP contribution in [0.2, 0.25) is 0 Å². The molecule has 2 aromatic heterocycles. The van der Waals surface area contributed by atoms with Gasteiger partial charge in [0.25, 0.3) is 5.91 Å². The largest absolute Gasteiger partial charge is 0.326 e. The van der Waals surface area contributed by atoms with E-state index in [1.54, 1.807) is 54.5 Å². The molecule has 8 nitrogen and oxygen atoms in total. The topological polar surface area (TPSA) is 97.6 Å².